The van der Waals surface area contributed by atoms with Crippen LogP contribution < -0.4 is 10.2 Å². The number of hydrogen-bond donors (Lipinski definition) is 2. The Balaban J connectivity index is -0.000000512. The van der Waals surface area contributed by atoms with Crippen molar-refractivity contribution in [3.05, 3.63) is 54.1 Å². The van der Waals surface area contributed by atoms with E-state index in [0.29, 0.717) is 13.0 Å². The Kier molecular flexibility index (Phi) is 26.1. The van der Waals surface area contributed by atoms with Gasteiger partial charge in [0, 0.05) is 12.0 Å². The van der Waals surface area contributed by atoms with Crippen LogP contribution in [-0.4, -0.2) is 35.1 Å². The highest BCUT2D eigenvalue weighted by Crippen LogP contribution is 2.22. The van der Waals surface area contributed by atoms with Crippen LogP contribution in [0.15, 0.2) is 48.5 Å². The predicted molar refractivity (Wildman–Crippen MR) is 156 cm³/mol. The van der Waals surface area contributed by atoms with Gasteiger partial charge < -0.3 is 9.53 Å². The Labute approximate surface area is 230 Å². The summed E-state index contributed by atoms with van der Waals surface area (Å²) in [6, 6.07) is 15.6. The first-order valence-electron chi connectivity index (χ1n) is 13.3. The molecule has 2 rings (SSSR count). The van der Waals surface area contributed by atoms with Gasteiger partial charge >= 0.3 is 0 Å². The molecule has 38 heavy (non-hydrogen) atoms. The van der Waals surface area contributed by atoms with E-state index in [0.717, 1.165) is 22.4 Å². The van der Waals surface area contributed by atoms with E-state index in [2.05, 4.69) is 13.8 Å². The van der Waals surface area contributed by atoms with Crippen LogP contribution in [0.4, 0.5) is 0 Å². The molecule has 0 radical (unpaired) electrons. The molecular weight excluding hydrogens is 482 g/mol. The number of benzene rings is 2. The normalized spacial score (nSPS) is 9.66. The Morgan fingerprint density at radius 1 is 0.789 bits per heavy atom. The zero-order valence-electron chi connectivity index (χ0n) is 25.0. The van der Waals surface area contributed by atoms with E-state index in [1.165, 1.54) is 32.2 Å². The molecule has 0 heterocycles. The summed E-state index contributed by atoms with van der Waals surface area (Å²) in [6.45, 7) is 18.7. The number of hydrogen-bond acceptors (Lipinski definition) is 6. The predicted octanol–water partition coefficient (Wildman–Crippen LogP) is 7.49. The van der Waals surface area contributed by atoms with Gasteiger partial charge in [-0.15, -0.1) is 0 Å². The molecule has 2 aromatic rings. The monoisotopic (exact) mass is 531 g/mol. The molecule has 0 aliphatic heterocycles. The molecule has 1 amide bonds. The molecule has 2 aromatic carbocycles. The number of ether oxygens (including phenoxy) is 1. The van der Waals surface area contributed by atoms with E-state index in [1.807, 2.05) is 76.2 Å². The number of Topliss-reactive ketones (excluding diaryl/α,β-unsaturated/α-hetero) is 3. The topological polar surface area (TPSA) is 110 Å². The summed E-state index contributed by atoms with van der Waals surface area (Å²) >= 11 is 0. The third kappa shape index (κ3) is 19.8. The summed E-state index contributed by atoms with van der Waals surface area (Å²) < 4.78 is 5.40. The lowest BCUT2D eigenvalue weighted by molar-refractivity contribution is -0.138. The molecule has 1 atom stereocenters. The van der Waals surface area contributed by atoms with Gasteiger partial charge in [-0.2, -0.15) is 0 Å². The molecule has 214 valence electrons. The van der Waals surface area contributed by atoms with Gasteiger partial charge in [0.15, 0.2) is 5.78 Å². The Bertz CT molecular complexity index is 903. The molecule has 0 spiro atoms. The van der Waals surface area contributed by atoms with Gasteiger partial charge in [0.25, 0.3) is 5.91 Å². The van der Waals surface area contributed by atoms with Crippen molar-refractivity contribution in [2.45, 2.75) is 88.5 Å². The number of amides is 1. The minimum absolute atomic E-state index is 0.0910. The summed E-state index contributed by atoms with van der Waals surface area (Å²) in [5.41, 5.74) is 4.35. The van der Waals surface area contributed by atoms with Crippen LogP contribution in [0.5, 0.6) is 5.75 Å². The highest BCUT2D eigenvalue weighted by Gasteiger charge is 2.15. The second-order valence-electron chi connectivity index (χ2n) is 7.95. The number of unbranched alkanes of at least 4 members (excludes halogenated alkanes) is 1. The Hall–Kier alpha value is -3.32. The lowest BCUT2D eigenvalue weighted by atomic mass is 10.0. The average molecular weight is 532 g/mol. The Morgan fingerprint density at radius 2 is 1.18 bits per heavy atom. The summed E-state index contributed by atoms with van der Waals surface area (Å²) in [6.07, 6.45) is 3.31. The second-order valence-corrected chi connectivity index (χ2v) is 7.95. The van der Waals surface area contributed by atoms with Crippen molar-refractivity contribution in [2.24, 2.45) is 5.92 Å². The second kappa shape index (κ2) is 25.3. The van der Waals surface area contributed by atoms with Crippen molar-refractivity contribution in [3.8, 4) is 16.9 Å². The Morgan fingerprint density at radius 3 is 1.42 bits per heavy atom. The van der Waals surface area contributed by atoms with E-state index in [-0.39, 0.29) is 17.3 Å². The maximum Gasteiger partial charge on any atom is 0.253 e. The SMILES string of the molecule is CC.CC(=O)C(C)C(=O)NO.CCC(C)=O.CCCC.CCOc1ccc(-c2ccc(C(C)=O)cc2)cc1. The van der Waals surface area contributed by atoms with E-state index >= 15 is 0 Å². The summed E-state index contributed by atoms with van der Waals surface area (Å²) in [4.78, 5) is 41.7. The van der Waals surface area contributed by atoms with E-state index in [1.54, 1.807) is 13.8 Å². The summed E-state index contributed by atoms with van der Waals surface area (Å²) in [5.74, 6) is -0.459. The number of carbonyl (C=O) groups excluding carboxylic acids is 4. The zero-order chi connectivity index (χ0) is 30.1. The van der Waals surface area contributed by atoms with Crippen molar-refractivity contribution < 1.29 is 29.1 Å². The molecule has 1 unspecified atom stereocenters. The van der Waals surface area contributed by atoms with Gasteiger partial charge in [-0.1, -0.05) is 83.9 Å². The van der Waals surface area contributed by atoms with Crippen LogP contribution in [-0.2, 0) is 14.4 Å². The molecule has 0 aromatic heterocycles. The highest BCUT2D eigenvalue weighted by molar-refractivity contribution is 5.99. The molecule has 0 saturated carbocycles. The maximum absolute atomic E-state index is 11.2. The standard InChI is InChI=1S/C16H16O2.C5H9NO3.C4H8O.C4H10.C2H6/c1-3-18-16-10-8-15(9-11-16)14-6-4-13(5-7-14)12(2)17;1-3(4(2)7)5(8)6-9;1-3-4(2)5;1-3-4-2;1-2/h4-11H,3H2,1-2H3;3,9H,1-2H3,(H,6,8);3H2,1-2H3;3-4H2,1-2H3;1-2H3. The van der Waals surface area contributed by atoms with Crippen molar-refractivity contribution in [2.75, 3.05) is 6.61 Å². The average Bonchev–Trinajstić information content (AvgIpc) is 2.94. The van der Waals surface area contributed by atoms with Gasteiger partial charge in [0.2, 0.25) is 0 Å². The summed E-state index contributed by atoms with van der Waals surface area (Å²) in [5, 5.41) is 8.00. The van der Waals surface area contributed by atoms with Crippen LogP contribution in [0.3, 0.4) is 0 Å². The van der Waals surface area contributed by atoms with Gasteiger partial charge in [-0.25, -0.2) is 5.48 Å². The molecule has 2 N–H and O–H groups in total. The first-order valence-corrected chi connectivity index (χ1v) is 13.3. The molecule has 7 heteroatoms. The fourth-order valence-electron chi connectivity index (χ4n) is 2.09. The van der Waals surface area contributed by atoms with Gasteiger partial charge in [0.1, 0.15) is 17.3 Å². The largest absolute Gasteiger partial charge is 0.494 e. The number of rotatable bonds is 8. The summed E-state index contributed by atoms with van der Waals surface area (Å²) in [7, 11) is 0. The van der Waals surface area contributed by atoms with E-state index in [4.69, 9.17) is 9.94 Å². The lowest BCUT2D eigenvalue weighted by Crippen LogP contribution is -2.29. The lowest BCUT2D eigenvalue weighted by Gasteiger charge is -2.05. The maximum atomic E-state index is 11.2. The fourth-order valence-corrected chi connectivity index (χ4v) is 2.09. The molecule has 0 fully saturated rings. The highest BCUT2D eigenvalue weighted by atomic mass is 16.5. The third-order valence-corrected chi connectivity index (χ3v) is 4.90. The minimum Gasteiger partial charge on any atom is -0.494 e. The fraction of sp³-hybridized carbons (Fsp3) is 0.484. The molecule has 0 aliphatic rings. The van der Waals surface area contributed by atoms with Gasteiger partial charge in [0.05, 0.1) is 12.5 Å². The number of nitrogens with one attached hydrogen (secondary N) is 1. The van der Waals surface area contributed by atoms with E-state index < -0.39 is 11.8 Å². The first-order chi connectivity index (χ1) is 18.0. The van der Waals surface area contributed by atoms with Crippen LogP contribution in [0.2, 0.25) is 0 Å². The van der Waals surface area contributed by atoms with Crippen molar-refractivity contribution >= 4 is 23.3 Å². The van der Waals surface area contributed by atoms with Crippen LogP contribution >= 0.6 is 0 Å². The van der Waals surface area contributed by atoms with Crippen molar-refractivity contribution in [3.63, 3.8) is 0 Å². The first kappa shape index (κ1) is 39.2. The van der Waals surface area contributed by atoms with Gasteiger partial charge in [-0.3, -0.25) is 19.6 Å². The third-order valence-electron chi connectivity index (χ3n) is 4.90. The van der Waals surface area contributed by atoms with Crippen molar-refractivity contribution in [1.82, 2.24) is 5.48 Å². The van der Waals surface area contributed by atoms with Crippen LogP contribution in [0.1, 0.15) is 98.9 Å². The molecule has 7 nitrogen and oxygen atoms in total. The number of hydroxylamine groups is 1. The molecule has 0 bridgehead atoms. The van der Waals surface area contributed by atoms with E-state index in [9.17, 15) is 19.2 Å². The van der Waals surface area contributed by atoms with Crippen molar-refractivity contribution in [1.29, 1.82) is 0 Å². The number of carbonyl (C=O) groups is 4. The minimum atomic E-state index is -0.755. The number of ketones is 3. The molecule has 0 aliphatic carbocycles. The smallest absolute Gasteiger partial charge is 0.253 e. The van der Waals surface area contributed by atoms with Crippen LogP contribution in [0.25, 0.3) is 11.1 Å². The van der Waals surface area contributed by atoms with Crippen LogP contribution in [0, 0.1) is 5.92 Å². The van der Waals surface area contributed by atoms with Gasteiger partial charge in [-0.05, 0) is 57.9 Å². The molecular formula is C31H49NO6. The quantitative estimate of drug-likeness (QED) is 0.158. The molecule has 0 saturated heterocycles. The zero-order valence-corrected chi connectivity index (χ0v) is 25.0.